The quantitative estimate of drug-likeness (QED) is 0.290. The zero-order valence-electron chi connectivity index (χ0n) is 18.1. The van der Waals surface area contributed by atoms with Gasteiger partial charge in [-0.2, -0.15) is 0 Å². The molecule has 0 aliphatic carbocycles. The number of aromatic hydroxyl groups is 2. The van der Waals surface area contributed by atoms with Crippen molar-refractivity contribution < 1.29 is 10.2 Å². The van der Waals surface area contributed by atoms with E-state index < -0.39 is 6.17 Å². The first-order chi connectivity index (χ1) is 15.0. The minimum atomic E-state index is -0.392. The molecular formula is C24H30N4O2S. The van der Waals surface area contributed by atoms with Crippen molar-refractivity contribution in [3.8, 4) is 11.5 Å². The number of rotatable bonds is 8. The number of aryl methyl sites for hydroxylation is 2. The van der Waals surface area contributed by atoms with Crippen LogP contribution in [-0.2, 0) is 13.0 Å². The van der Waals surface area contributed by atoms with Gasteiger partial charge in [0, 0.05) is 29.8 Å². The van der Waals surface area contributed by atoms with Crippen molar-refractivity contribution in [1.29, 1.82) is 0 Å². The van der Waals surface area contributed by atoms with E-state index in [1.807, 2.05) is 24.0 Å². The number of phenolic OH excluding ortho intramolecular Hbond substituents is 2. The molecule has 1 unspecified atom stereocenters. The van der Waals surface area contributed by atoms with E-state index in [0.29, 0.717) is 17.1 Å². The largest absolute Gasteiger partial charge is 0.508 e. The number of aromatic nitrogens is 1. The Morgan fingerprint density at radius 2 is 1.87 bits per heavy atom. The molecule has 1 aromatic heterocycles. The molecular weight excluding hydrogens is 408 g/mol. The van der Waals surface area contributed by atoms with Crippen LogP contribution in [-0.4, -0.2) is 19.9 Å². The summed E-state index contributed by atoms with van der Waals surface area (Å²) >= 11 is 5.61. The van der Waals surface area contributed by atoms with Crippen LogP contribution in [0.15, 0.2) is 42.6 Å². The number of hydrogen-bond acceptors (Lipinski definition) is 4. The second-order valence-corrected chi connectivity index (χ2v) is 8.41. The van der Waals surface area contributed by atoms with Crippen molar-refractivity contribution in [2.75, 3.05) is 4.90 Å². The lowest BCUT2D eigenvalue weighted by molar-refractivity contribution is 0.433. The molecule has 164 valence electrons. The van der Waals surface area contributed by atoms with Gasteiger partial charge in [-0.3, -0.25) is 10.3 Å². The lowest BCUT2D eigenvalue weighted by atomic mass is 10.0. The van der Waals surface area contributed by atoms with E-state index in [1.54, 1.807) is 0 Å². The molecule has 4 N–H and O–H groups in total. The topological polar surface area (TPSA) is 72.7 Å². The summed E-state index contributed by atoms with van der Waals surface area (Å²) in [5.74, 6) is 0.135. The van der Waals surface area contributed by atoms with Crippen LogP contribution in [0.5, 0.6) is 11.5 Å². The van der Waals surface area contributed by atoms with Gasteiger partial charge in [0.05, 0.1) is 11.2 Å². The third-order valence-corrected chi connectivity index (χ3v) is 6.30. The van der Waals surface area contributed by atoms with Gasteiger partial charge in [0.25, 0.3) is 0 Å². The zero-order chi connectivity index (χ0) is 22.0. The molecule has 6 nitrogen and oxygen atoms in total. The van der Waals surface area contributed by atoms with Gasteiger partial charge in [0.15, 0.2) is 5.11 Å². The van der Waals surface area contributed by atoms with E-state index in [2.05, 4.69) is 46.7 Å². The number of benzene rings is 2. The average molecular weight is 439 g/mol. The van der Waals surface area contributed by atoms with Crippen molar-refractivity contribution >= 4 is 33.9 Å². The lowest BCUT2D eigenvalue weighted by Crippen LogP contribution is -2.29. The van der Waals surface area contributed by atoms with Gasteiger partial charge in [-0.1, -0.05) is 39.2 Å². The number of nitrogens with zero attached hydrogens (tertiary/aromatic N) is 2. The molecule has 0 spiro atoms. The first-order valence-electron chi connectivity index (χ1n) is 11.0. The van der Waals surface area contributed by atoms with Crippen LogP contribution in [0.1, 0.15) is 56.8 Å². The minimum absolute atomic E-state index is 0.0318. The molecule has 1 saturated heterocycles. The van der Waals surface area contributed by atoms with Crippen LogP contribution in [0, 0.1) is 0 Å². The highest BCUT2D eigenvalue weighted by atomic mass is 32.1. The van der Waals surface area contributed by atoms with Crippen LogP contribution in [0.25, 0.3) is 10.9 Å². The number of fused-ring (bicyclic) bond motifs is 1. The Morgan fingerprint density at radius 1 is 1.03 bits per heavy atom. The Labute approximate surface area is 188 Å². The van der Waals surface area contributed by atoms with Crippen LogP contribution < -0.4 is 15.8 Å². The maximum Gasteiger partial charge on any atom is 0.189 e. The maximum atomic E-state index is 10.6. The summed E-state index contributed by atoms with van der Waals surface area (Å²) in [6.45, 7) is 5.20. The smallest absolute Gasteiger partial charge is 0.189 e. The van der Waals surface area contributed by atoms with E-state index in [0.717, 1.165) is 29.6 Å². The Morgan fingerprint density at radius 3 is 2.65 bits per heavy atom. The molecule has 3 aromatic rings. The maximum absolute atomic E-state index is 10.6. The van der Waals surface area contributed by atoms with Gasteiger partial charge in [0.2, 0.25) is 0 Å². The zero-order valence-corrected chi connectivity index (χ0v) is 18.9. The molecule has 2 aromatic carbocycles. The Balaban J connectivity index is 1.71. The van der Waals surface area contributed by atoms with Gasteiger partial charge in [-0.05, 0) is 54.9 Å². The SMILES string of the molecule is CCCCCCn1ccc2c(N3C(=S)NNC3c3cc(CC)c(O)cc3O)cccc21. The summed E-state index contributed by atoms with van der Waals surface area (Å²) in [6.07, 6.45) is 7.31. The van der Waals surface area contributed by atoms with Crippen molar-refractivity contribution in [3.05, 3.63) is 53.7 Å². The van der Waals surface area contributed by atoms with Crippen LogP contribution in [0.4, 0.5) is 5.69 Å². The first-order valence-corrected chi connectivity index (χ1v) is 11.4. The molecule has 7 heteroatoms. The fourth-order valence-electron chi connectivity index (χ4n) is 4.30. The number of hydrogen-bond donors (Lipinski definition) is 4. The summed E-state index contributed by atoms with van der Waals surface area (Å²) in [4.78, 5) is 1.99. The van der Waals surface area contributed by atoms with Gasteiger partial charge >= 0.3 is 0 Å². The van der Waals surface area contributed by atoms with Gasteiger partial charge < -0.3 is 14.8 Å². The number of hydrazine groups is 1. The molecule has 0 radical (unpaired) electrons. The van der Waals surface area contributed by atoms with Crippen molar-refractivity contribution in [2.45, 2.75) is 58.7 Å². The third-order valence-electron chi connectivity index (χ3n) is 6.00. The summed E-state index contributed by atoms with van der Waals surface area (Å²) in [5, 5.41) is 22.3. The Bertz CT molecular complexity index is 1090. The van der Waals surface area contributed by atoms with Gasteiger partial charge in [-0.15, -0.1) is 0 Å². The molecule has 1 atom stereocenters. The molecule has 1 aliphatic rings. The Hall–Kier alpha value is -2.77. The molecule has 4 rings (SSSR count). The number of phenols is 2. The Kier molecular flexibility index (Phi) is 6.34. The van der Waals surface area contributed by atoms with Crippen LogP contribution in [0.3, 0.4) is 0 Å². The van der Waals surface area contributed by atoms with E-state index in [4.69, 9.17) is 12.2 Å². The van der Waals surface area contributed by atoms with E-state index in [1.165, 1.54) is 30.8 Å². The normalized spacial score (nSPS) is 16.3. The molecule has 0 bridgehead atoms. The van der Waals surface area contributed by atoms with Gasteiger partial charge in [0.1, 0.15) is 17.7 Å². The first kappa shape index (κ1) is 21.5. The minimum Gasteiger partial charge on any atom is -0.508 e. The molecule has 1 fully saturated rings. The highest BCUT2D eigenvalue weighted by molar-refractivity contribution is 7.80. The number of unbranched alkanes of at least 4 members (excludes halogenated alkanes) is 3. The van der Waals surface area contributed by atoms with E-state index in [9.17, 15) is 10.2 Å². The molecule has 31 heavy (non-hydrogen) atoms. The average Bonchev–Trinajstić information content (AvgIpc) is 3.35. The molecule has 0 saturated carbocycles. The number of thiocarbonyl (C=S) groups is 1. The van der Waals surface area contributed by atoms with E-state index in [-0.39, 0.29) is 11.5 Å². The van der Waals surface area contributed by atoms with Crippen LogP contribution >= 0.6 is 12.2 Å². The predicted molar refractivity (Wildman–Crippen MR) is 129 cm³/mol. The predicted octanol–water partition coefficient (Wildman–Crippen LogP) is 5.09. The summed E-state index contributed by atoms with van der Waals surface area (Å²) in [7, 11) is 0. The van der Waals surface area contributed by atoms with Crippen LogP contribution in [0.2, 0.25) is 0 Å². The standard InChI is InChI=1S/C24H30N4O2S/c1-3-5-6-7-12-27-13-11-17-19(27)9-8-10-20(17)28-23(25-26-24(28)31)18-14-16(4-2)21(29)15-22(18)30/h8-11,13-15,23,25,29-30H,3-7,12H2,1-2H3,(H,26,31). The second-order valence-electron chi connectivity index (χ2n) is 8.02. The second kappa shape index (κ2) is 9.16. The lowest BCUT2D eigenvalue weighted by Gasteiger charge is -2.26. The molecule has 1 aliphatic heterocycles. The van der Waals surface area contributed by atoms with Gasteiger partial charge in [-0.25, -0.2) is 5.43 Å². The fourth-order valence-corrected chi connectivity index (χ4v) is 4.56. The fraction of sp³-hybridized carbons (Fsp3) is 0.375. The van der Waals surface area contributed by atoms with Crippen molar-refractivity contribution in [1.82, 2.24) is 15.4 Å². The molecule has 2 heterocycles. The summed E-state index contributed by atoms with van der Waals surface area (Å²) in [5.41, 5.74) is 9.83. The van der Waals surface area contributed by atoms with Crippen molar-refractivity contribution in [3.63, 3.8) is 0 Å². The van der Waals surface area contributed by atoms with Crippen molar-refractivity contribution in [2.24, 2.45) is 0 Å². The van der Waals surface area contributed by atoms with E-state index >= 15 is 0 Å². The summed E-state index contributed by atoms with van der Waals surface area (Å²) < 4.78 is 2.30. The highest BCUT2D eigenvalue weighted by Crippen LogP contribution is 2.39. The number of nitrogens with one attached hydrogen (secondary N) is 2. The monoisotopic (exact) mass is 438 g/mol. The molecule has 0 amide bonds. The third kappa shape index (κ3) is 4.07. The number of anilines is 1. The highest BCUT2D eigenvalue weighted by Gasteiger charge is 2.33. The summed E-state index contributed by atoms with van der Waals surface area (Å²) in [6, 6.07) is 11.6.